The fraction of sp³-hybridized carbons (Fsp3) is 0.789. The third kappa shape index (κ3) is 8.38. The van der Waals surface area contributed by atoms with Crippen LogP contribution in [0.2, 0.25) is 0 Å². The summed E-state index contributed by atoms with van der Waals surface area (Å²) in [5.74, 6) is 0.889. The van der Waals surface area contributed by atoms with Gasteiger partial charge in [-0.05, 0) is 46.2 Å². The molecule has 0 aliphatic rings. The molecule has 2 atom stereocenters. The molecule has 0 spiro atoms. The average Bonchev–Trinajstić information content (AvgIpc) is 2.90. The normalized spacial score (nSPS) is 15.3. The van der Waals surface area contributed by atoms with Crippen molar-refractivity contribution in [1.29, 1.82) is 0 Å². The summed E-state index contributed by atoms with van der Waals surface area (Å²) in [6.07, 6.45) is 6.31. The average molecular weight is 351 g/mol. The van der Waals surface area contributed by atoms with Gasteiger partial charge in [0.05, 0.1) is 18.8 Å². The summed E-state index contributed by atoms with van der Waals surface area (Å²) < 4.78 is 1.84. The highest BCUT2D eigenvalue weighted by atomic mass is 15.3. The van der Waals surface area contributed by atoms with Gasteiger partial charge in [-0.1, -0.05) is 20.8 Å². The number of aryl methyl sites for hydroxylation is 1. The Labute approximate surface area is 154 Å². The highest BCUT2D eigenvalue weighted by Gasteiger charge is 2.17. The van der Waals surface area contributed by atoms with Crippen LogP contribution in [0, 0.1) is 5.41 Å². The first-order chi connectivity index (χ1) is 11.6. The first-order valence-electron chi connectivity index (χ1n) is 9.32. The zero-order valence-electron chi connectivity index (χ0n) is 17.4. The van der Waals surface area contributed by atoms with Crippen molar-refractivity contribution in [1.82, 2.24) is 25.3 Å². The molecule has 0 aliphatic carbocycles. The van der Waals surface area contributed by atoms with Crippen LogP contribution in [0.4, 0.5) is 0 Å². The van der Waals surface area contributed by atoms with Gasteiger partial charge in [-0.3, -0.25) is 9.67 Å². The van der Waals surface area contributed by atoms with Crippen molar-refractivity contribution in [3.63, 3.8) is 0 Å². The summed E-state index contributed by atoms with van der Waals surface area (Å²) in [4.78, 5) is 7.01. The lowest BCUT2D eigenvalue weighted by atomic mass is 9.89. The van der Waals surface area contributed by atoms with Gasteiger partial charge in [0, 0.05) is 31.4 Å². The van der Waals surface area contributed by atoms with Crippen LogP contribution in [0.3, 0.4) is 0 Å². The molecule has 25 heavy (non-hydrogen) atoms. The molecule has 1 heterocycles. The third-order valence-corrected chi connectivity index (χ3v) is 4.21. The standard InChI is InChI=1S/C19H38N6/c1-9-20-18(23-15(2)10-11-19(3,4)5)21-13-17(24(6)7)16-12-22-25(8)14-16/h12,14-15,17H,9-11,13H2,1-8H3,(H2,20,21,23). The van der Waals surface area contributed by atoms with Gasteiger partial charge in [-0.15, -0.1) is 0 Å². The van der Waals surface area contributed by atoms with Crippen molar-refractivity contribution in [2.24, 2.45) is 17.5 Å². The minimum Gasteiger partial charge on any atom is -0.357 e. The molecule has 6 nitrogen and oxygen atoms in total. The molecular formula is C19H38N6. The lowest BCUT2D eigenvalue weighted by Crippen LogP contribution is -2.43. The molecular weight excluding hydrogens is 312 g/mol. The van der Waals surface area contributed by atoms with Crippen molar-refractivity contribution in [3.05, 3.63) is 18.0 Å². The second-order valence-corrected chi connectivity index (χ2v) is 8.29. The molecule has 0 aromatic carbocycles. The summed E-state index contributed by atoms with van der Waals surface area (Å²) in [6, 6.07) is 0.613. The number of guanidine groups is 1. The van der Waals surface area contributed by atoms with Crippen LogP contribution in [0.15, 0.2) is 17.4 Å². The Hall–Kier alpha value is -1.56. The molecule has 0 saturated heterocycles. The molecule has 0 saturated carbocycles. The third-order valence-electron chi connectivity index (χ3n) is 4.21. The monoisotopic (exact) mass is 350 g/mol. The van der Waals surface area contributed by atoms with Crippen molar-refractivity contribution in [3.8, 4) is 0 Å². The molecule has 0 bridgehead atoms. The first kappa shape index (κ1) is 21.5. The van der Waals surface area contributed by atoms with Crippen molar-refractivity contribution in [2.75, 3.05) is 27.2 Å². The zero-order valence-corrected chi connectivity index (χ0v) is 17.4. The zero-order chi connectivity index (χ0) is 19.0. The van der Waals surface area contributed by atoms with Gasteiger partial charge in [0.25, 0.3) is 0 Å². The fourth-order valence-corrected chi connectivity index (χ4v) is 2.63. The van der Waals surface area contributed by atoms with Gasteiger partial charge >= 0.3 is 0 Å². The summed E-state index contributed by atoms with van der Waals surface area (Å²) in [5, 5.41) is 11.2. The molecule has 0 aliphatic heterocycles. The van der Waals surface area contributed by atoms with Crippen LogP contribution in [-0.2, 0) is 7.05 Å². The Bertz CT molecular complexity index is 526. The number of hydrogen-bond acceptors (Lipinski definition) is 3. The maximum Gasteiger partial charge on any atom is 0.191 e. The summed E-state index contributed by atoms with van der Waals surface area (Å²) in [6.45, 7) is 12.7. The van der Waals surface area contributed by atoms with Gasteiger partial charge < -0.3 is 15.5 Å². The van der Waals surface area contributed by atoms with Crippen LogP contribution in [0.5, 0.6) is 0 Å². The van der Waals surface area contributed by atoms with Crippen molar-refractivity contribution < 1.29 is 0 Å². The minimum absolute atomic E-state index is 0.217. The molecule has 1 aromatic rings. The lowest BCUT2D eigenvalue weighted by Gasteiger charge is -2.24. The number of nitrogens with one attached hydrogen (secondary N) is 2. The Kier molecular flexibility index (Phi) is 8.42. The van der Waals surface area contributed by atoms with E-state index in [-0.39, 0.29) is 6.04 Å². The van der Waals surface area contributed by atoms with Gasteiger partial charge in [0.2, 0.25) is 0 Å². The van der Waals surface area contributed by atoms with Crippen LogP contribution in [0.1, 0.15) is 59.1 Å². The van der Waals surface area contributed by atoms with Gasteiger partial charge in [0.1, 0.15) is 0 Å². The molecule has 0 amide bonds. The first-order valence-corrected chi connectivity index (χ1v) is 9.32. The largest absolute Gasteiger partial charge is 0.357 e. The molecule has 1 rings (SSSR count). The van der Waals surface area contributed by atoms with E-state index in [9.17, 15) is 0 Å². The Balaban J connectivity index is 2.72. The quantitative estimate of drug-likeness (QED) is 0.559. The second-order valence-electron chi connectivity index (χ2n) is 8.29. The van der Waals surface area contributed by atoms with E-state index in [1.54, 1.807) is 0 Å². The lowest BCUT2D eigenvalue weighted by molar-refractivity contribution is 0.306. The molecule has 1 aromatic heterocycles. The summed E-state index contributed by atoms with van der Waals surface area (Å²) in [7, 11) is 6.11. The van der Waals surface area contributed by atoms with E-state index in [2.05, 4.69) is 75.5 Å². The van der Waals surface area contributed by atoms with Crippen LogP contribution in [0.25, 0.3) is 0 Å². The fourth-order valence-electron chi connectivity index (χ4n) is 2.63. The SMILES string of the molecule is CCNC(=NCC(c1cnn(C)c1)N(C)C)NC(C)CCC(C)(C)C. The molecule has 2 unspecified atom stereocenters. The van der Waals surface area contributed by atoms with Crippen LogP contribution < -0.4 is 10.6 Å². The van der Waals surface area contributed by atoms with E-state index in [4.69, 9.17) is 4.99 Å². The highest BCUT2D eigenvalue weighted by Crippen LogP contribution is 2.21. The van der Waals surface area contributed by atoms with Gasteiger partial charge in [-0.25, -0.2) is 0 Å². The van der Waals surface area contributed by atoms with E-state index in [1.807, 2.05) is 17.9 Å². The predicted octanol–water partition coefficient (Wildman–Crippen LogP) is 2.79. The number of hydrogen-bond donors (Lipinski definition) is 2. The van der Waals surface area contributed by atoms with Crippen LogP contribution in [-0.4, -0.2) is 53.9 Å². The molecule has 6 heteroatoms. The van der Waals surface area contributed by atoms with E-state index in [0.29, 0.717) is 18.0 Å². The van der Waals surface area contributed by atoms with Gasteiger partial charge in [-0.2, -0.15) is 5.10 Å². The predicted molar refractivity (Wildman–Crippen MR) is 107 cm³/mol. The van der Waals surface area contributed by atoms with Gasteiger partial charge in [0.15, 0.2) is 5.96 Å². The molecule has 0 radical (unpaired) electrons. The van der Waals surface area contributed by atoms with E-state index < -0.39 is 0 Å². The van der Waals surface area contributed by atoms with Crippen molar-refractivity contribution >= 4 is 5.96 Å². The van der Waals surface area contributed by atoms with Crippen LogP contribution >= 0.6 is 0 Å². The van der Waals surface area contributed by atoms with E-state index in [1.165, 1.54) is 12.0 Å². The Morgan fingerprint density at radius 1 is 1.36 bits per heavy atom. The minimum atomic E-state index is 0.217. The van der Waals surface area contributed by atoms with E-state index in [0.717, 1.165) is 18.9 Å². The maximum atomic E-state index is 4.82. The molecule has 2 N–H and O–H groups in total. The smallest absolute Gasteiger partial charge is 0.191 e. The number of nitrogens with zero attached hydrogens (tertiary/aromatic N) is 4. The van der Waals surface area contributed by atoms with Crippen molar-refractivity contribution in [2.45, 2.75) is 59.5 Å². The number of rotatable bonds is 8. The highest BCUT2D eigenvalue weighted by molar-refractivity contribution is 5.80. The number of likely N-dealkylation sites (N-methyl/N-ethyl adjacent to an activating group) is 1. The maximum absolute atomic E-state index is 4.82. The Morgan fingerprint density at radius 2 is 2.04 bits per heavy atom. The summed E-state index contributed by atoms with van der Waals surface area (Å²) in [5.41, 5.74) is 1.55. The topological polar surface area (TPSA) is 57.5 Å². The Morgan fingerprint density at radius 3 is 2.52 bits per heavy atom. The number of aromatic nitrogens is 2. The second kappa shape index (κ2) is 9.80. The molecule has 144 valence electrons. The number of aliphatic imine (C=N–C) groups is 1. The summed E-state index contributed by atoms with van der Waals surface area (Å²) >= 11 is 0. The molecule has 0 fully saturated rings. The van der Waals surface area contributed by atoms with E-state index >= 15 is 0 Å².